The van der Waals surface area contributed by atoms with E-state index in [0.29, 0.717) is 0 Å². The molecule has 0 spiro atoms. The third-order valence-electron chi connectivity index (χ3n) is 3.84. The minimum absolute atomic E-state index is 0.288. The number of benzene rings is 1. The molecule has 0 radical (unpaired) electrons. The van der Waals surface area contributed by atoms with Gasteiger partial charge in [-0.05, 0) is 56.0 Å². The molecule has 2 aromatic heterocycles. The van der Waals surface area contributed by atoms with Crippen molar-refractivity contribution >= 4 is 39.0 Å². The summed E-state index contributed by atoms with van der Waals surface area (Å²) in [5, 5.41) is 4.67. The number of nitrogens with one attached hydrogen (secondary N) is 1. The van der Waals surface area contributed by atoms with Gasteiger partial charge in [-0.2, -0.15) is 0 Å². The number of aryl methyl sites for hydroxylation is 3. The van der Waals surface area contributed by atoms with Crippen molar-refractivity contribution < 1.29 is 0 Å². The molecule has 0 bridgehead atoms. The molecule has 3 rings (SSSR count). The number of hydrogen-bond acceptors (Lipinski definition) is 4. The Morgan fingerprint density at radius 2 is 1.91 bits per heavy atom. The molecule has 5 heteroatoms. The third-order valence-corrected chi connectivity index (χ3v) is 5.01. The van der Waals surface area contributed by atoms with Crippen LogP contribution in [0.15, 0.2) is 18.2 Å². The lowest BCUT2D eigenvalue weighted by atomic mass is 9.99. The minimum atomic E-state index is 0.288. The second-order valence-corrected chi connectivity index (χ2v) is 6.93. The van der Waals surface area contributed by atoms with Gasteiger partial charge < -0.3 is 5.32 Å². The maximum absolute atomic E-state index is 6.06. The number of rotatable bonds is 3. The van der Waals surface area contributed by atoms with Gasteiger partial charge in [0.25, 0.3) is 0 Å². The van der Waals surface area contributed by atoms with E-state index in [-0.39, 0.29) is 5.28 Å². The summed E-state index contributed by atoms with van der Waals surface area (Å²) in [5.41, 5.74) is 5.00. The fourth-order valence-electron chi connectivity index (χ4n) is 2.63. The van der Waals surface area contributed by atoms with Crippen molar-refractivity contribution in [3.63, 3.8) is 0 Å². The first kappa shape index (κ1) is 15.3. The van der Waals surface area contributed by atoms with E-state index in [1.165, 1.54) is 27.1 Å². The Morgan fingerprint density at radius 3 is 2.59 bits per heavy atom. The summed E-state index contributed by atoms with van der Waals surface area (Å²) in [4.78, 5) is 10.9. The molecule has 114 valence electrons. The zero-order chi connectivity index (χ0) is 15.9. The standard InChI is InChI=1S/C17H18ClN3S/c1-5-19-15-14-13(12-7-6-9(2)10(3)8-12)11(4)22-16(14)21-17(18)20-15/h6-8H,5H2,1-4H3,(H,19,20,21). The molecular formula is C17H18ClN3S. The van der Waals surface area contributed by atoms with Crippen molar-refractivity contribution in [2.45, 2.75) is 27.7 Å². The van der Waals surface area contributed by atoms with Crippen LogP contribution < -0.4 is 5.32 Å². The van der Waals surface area contributed by atoms with Crippen molar-refractivity contribution in [3.05, 3.63) is 39.5 Å². The van der Waals surface area contributed by atoms with Crippen molar-refractivity contribution in [2.24, 2.45) is 0 Å². The van der Waals surface area contributed by atoms with Crippen molar-refractivity contribution in [1.29, 1.82) is 0 Å². The zero-order valence-corrected chi connectivity index (χ0v) is 14.7. The lowest BCUT2D eigenvalue weighted by Gasteiger charge is -2.09. The van der Waals surface area contributed by atoms with Crippen LogP contribution in [-0.4, -0.2) is 16.5 Å². The molecule has 3 nitrogen and oxygen atoms in total. The van der Waals surface area contributed by atoms with Crippen LogP contribution in [0.25, 0.3) is 21.3 Å². The highest BCUT2D eigenvalue weighted by atomic mass is 35.5. The van der Waals surface area contributed by atoms with E-state index in [1.807, 2.05) is 0 Å². The first-order chi connectivity index (χ1) is 10.5. The number of nitrogens with zero attached hydrogens (tertiary/aromatic N) is 2. The van der Waals surface area contributed by atoms with E-state index in [0.717, 1.165) is 22.6 Å². The van der Waals surface area contributed by atoms with Gasteiger partial charge in [-0.15, -0.1) is 11.3 Å². The molecule has 0 saturated heterocycles. The van der Waals surface area contributed by atoms with Crippen LogP contribution in [0, 0.1) is 20.8 Å². The fourth-order valence-corrected chi connectivity index (χ4v) is 3.89. The van der Waals surface area contributed by atoms with E-state index in [2.05, 4.69) is 61.2 Å². The van der Waals surface area contributed by atoms with Crippen LogP contribution in [0.2, 0.25) is 5.28 Å². The molecule has 0 saturated carbocycles. The lowest BCUT2D eigenvalue weighted by molar-refractivity contribution is 1.15. The van der Waals surface area contributed by atoms with Crippen molar-refractivity contribution in [3.8, 4) is 11.1 Å². The maximum Gasteiger partial charge on any atom is 0.225 e. The largest absolute Gasteiger partial charge is 0.370 e. The molecule has 22 heavy (non-hydrogen) atoms. The first-order valence-corrected chi connectivity index (χ1v) is 8.48. The highest BCUT2D eigenvalue weighted by Crippen LogP contribution is 2.41. The van der Waals surface area contributed by atoms with Gasteiger partial charge in [0.15, 0.2) is 0 Å². The highest BCUT2D eigenvalue weighted by molar-refractivity contribution is 7.19. The Kier molecular flexibility index (Phi) is 4.06. The summed E-state index contributed by atoms with van der Waals surface area (Å²) >= 11 is 7.72. The molecule has 0 fully saturated rings. The van der Waals surface area contributed by atoms with Gasteiger partial charge in [0.2, 0.25) is 5.28 Å². The molecule has 3 aromatic rings. The minimum Gasteiger partial charge on any atom is -0.370 e. The normalized spacial score (nSPS) is 11.1. The summed E-state index contributed by atoms with van der Waals surface area (Å²) in [6.07, 6.45) is 0. The molecule has 2 heterocycles. The summed E-state index contributed by atoms with van der Waals surface area (Å²) in [6.45, 7) is 9.24. The van der Waals surface area contributed by atoms with E-state index in [9.17, 15) is 0 Å². The molecule has 0 atom stereocenters. The van der Waals surface area contributed by atoms with Crippen LogP contribution in [-0.2, 0) is 0 Å². The summed E-state index contributed by atoms with van der Waals surface area (Å²) in [6, 6.07) is 6.56. The quantitative estimate of drug-likeness (QED) is 0.656. The van der Waals surface area contributed by atoms with Crippen LogP contribution >= 0.6 is 22.9 Å². The number of halogens is 1. The Morgan fingerprint density at radius 1 is 1.14 bits per heavy atom. The summed E-state index contributed by atoms with van der Waals surface area (Å²) in [7, 11) is 0. The average Bonchev–Trinajstić information content (AvgIpc) is 2.78. The van der Waals surface area contributed by atoms with Crippen LogP contribution in [0.1, 0.15) is 22.9 Å². The van der Waals surface area contributed by atoms with Gasteiger partial charge in [-0.1, -0.05) is 18.2 Å². The average molecular weight is 332 g/mol. The smallest absolute Gasteiger partial charge is 0.225 e. The van der Waals surface area contributed by atoms with Crippen LogP contribution in [0.5, 0.6) is 0 Å². The number of thiophene rings is 1. The molecule has 1 aromatic carbocycles. The third kappa shape index (κ3) is 2.57. The molecule has 1 N–H and O–H groups in total. The molecule has 0 aliphatic carbocycles. The lowest BCUT2D eigenvalue weighted by Crippen LogP contribution is -2.01. The summed E-state index contributed by atoms with van der Waals surface area (Å²) in [5.74, 6) is 0.815. The van der Waals surface area contributed by atoms with E-state index in [4.69, 9.17) is 11.6 Å². The predicted molar refractivity (Wildman–Crippen MR) is 96.2 cm³/mol. The summed E-state index contributed by atoms with van der Waals surface area (Å²) < 4.78 is 0. The highest BCUT2D eigenvalue weighted by Gasteiger charge is 2.18. The monoisotopic (exact) mass is 331 g/mol. The van der Waals surface area contributed by atoms with Gasteiger partial charge >= 0.3 is 0 Å². The predicted octanol–water partition coefficient (Wildman–Crippen LogP) is 5.37. The van der Waals surface area contributed by atoms with E-state index in [1.54, 1.807) is 11.3 Å². The SMILES string of the molecule is CCNc1nc(Cl)nc2sc(C)c(-c3ccc(C)c(C)c3)c12. The van der Waals surface area contributed by atoms with E-state index < -0.39 is 0 Å². The topological polar surface area (TPSA) is 37.8 Å². The molecule has 0 aliphatic rings. The van der Waals surface area contributed by atoms with E-state index >= 15 is 0 Å². The first-order valence-electron chi connectivity index (χ1n) is 7.29. The second-order valence-electron chi connectivity index (χ2n) is 5.38. The number of aromatic nitrogens is 2. The van der Waals surface area contributed by atoms with Gasteiger partial charge in [0, 0.05) is 17.0 Å². The number of anilines is 1. The number of hydrogen-bond donors (Lipinski definition) is 1. The van der Waals surface area contributed by atoms with Crippen molar-refractivity contribution in [2.75, 3.05) is 11.9 Å². The second kappa shape index (κ2) is 5.86. The molecular weight excluding hydrogens is 314 g/mol. The molecule has 0 unspecified atom stereocenters. The molecule has 0 aliphatic heterocycles. The Balaban J connectivity index is 2.32. The van der Waals surface area contributed by atoms with Gasteiger partial charge in [-0.3, -0.25) is 0 Å². The maximum atomic E-state index is 6.06. The van der Waals surface area contributed by atoms with Crippen molar-refractivity contribution in [1.82, 2.24) is 9.97 Å². The zero-order valence-electron chi connectivity index (χ0n) is 13.1. The Labute approximate surface area is 139 Å². The van der Waals surface area contributed by atoms with Gasteiger partial charge in [0.05, 0.1) is 5.39 Å². The Bertz CT molecular complexity index is 855. The van der Waals surface area contributed by atoms with Crippen LogP contribution in [0.4, 0.5) is 5.82 Å². The van der Waals surface area contributed by atoms with Crippen LogP contribution in [0.3, 0.4) is 0 Å². The van der Waals surface area contributed by atoms with Gasteiger partial charge in [-0.25, -0.2) is 9.97 Å². The molecule has 0 amide bonds. The van der Waals surface area contributed by atoms with Gasteiger partial charge in [0.1, 0.15) is 10.6 Å². The Hall–Kier alpha value is -1.65. The number of fused-ring (bicyclic) bond motifs is 1. The fraction of sp³-hybridized carbons (Fsp3) is 0.294.